The number of carbonyl (C=O) groups excluding carboxylic acids is 1. The standard InChI is InChI=1S/C20H37F3O6/c1-3-29-18(24)19(25,20(21,22)23)13-11-9-7-5-4-6-8-10-12-14-27-17-28-16-15-26-2/h25H,3-17H2,1-2H3. The third-order valence-corrected chi connectivity index (χ3v) is 4.51. The minimum Gasteiger partial charge on any atom is -0.464 e. The molecule has 1 N–H and O–H groups in total. The van der Waals surface area contributed by atoms with Gasteiger partial charge >= 0.3 is 12.1 Å². The molecule has 1 unspecified atom stereocenters. The quantitative estimate of drug-likeness (QED) is 0.186. The van der Waals surface area contributed by atoms with Gasteiger partial charge < -0.3 is 24.1 Å². The first-order chi connectivity index (χ1) is 13.8. The molecule has 1 atom stereocenters. The molecule has 29 heavy (non-hydrogen) atoms. The van der Waals surface area contributed by atoms with Gasteiger partial charge in [0.05, 0.1) is 19.8 Å². The second-order valence-electron chi connectivity index (χ2n) is 6.94. The molecule has 0 aromatic carbocycles. The Morgan fingerprint density at radius 1 is 0.828 bits per heavy atom. The van der Waals surface area contributed by atoms with Crippen LogP contribution >= 0.6 is 0 Å². The summed E-state index contributed by atoms with van der Waals surface area (Å²) < 4.78 is 58.7. The van der Waals surface area contributed by atoms with E-state index < -0.39 is 24.2 Å². The fourth-order valence-corrected chi connectivity index (χ4v) is 2.75. The number of methoxy groups -OCH3 is 1. The van der Waals surface area contributed by atoms with E-state index in [1.807, 2.05) is 0 Å². The van der Waals surface area contributed by atoms with Crippen LogP contribution in [-0.4, -0.2) is 63.2 Å². The predicted molar refractivity (Wildman–Crippen MR) is 102 cm³/mol. The summed E-state index contributed by atoms with van der Waals surface area (Å²) in [5, 5.41) is 9.74. The topological polar surface area (TPSA) is 74.2 Å². The number of alkyl halides is 3. The van der Waals surface area contributed by atoms with Crippen LogP contribution in [0.15, 0.2) is 0 Å². The molecule has 0 rings (SSSR count). The highest BCUT2D eigenvalue weighted by Gasteiger charge is 2.60. The first-order valence-electron chi connectivity index (χ1n) is 10.4. The van der Waals surface area contributed by atoms with Gasteiger partial charge in [-0.3, -0.25) is 0 Å². The van der Waals surface area contributed by atoms with Gasteiger partial charge in [0.25, 0.3) is 5.60 Å². The van der Waals surface area contributed by atoms with Gasteiger partial charge in [0, 0.05) is 13.7 Å². The molecule has 0 saturated carbocycles. The summed E-state index contributed by atoms with van der Waals surface area (Å²) in [7, 11) is 1.61. The van der Waals surface area contributed by atoms with Crippen molar-refractivity contribution in [2.24, 2.45) is 0 Å². The molecular weight excluding hydrogens is 393 g/mol. The molecule has 0 radical (unpaired) electrons. The van der Waals surface area contributed by atoms with Crippen LogP contribution in [0, 0.1) is 0 Å². The summed E-state index contributed by atoms with van der Waals surface area (Å²) in [5.74, 6) is -1.61. The molecule has 0 spiro atoms. The highest BCUT2D eigenvalue weighted by atomic mass is 19.4. The molecule has 0 amide bonds. The van der Waals surface area contributed by atoms with E-state index in [1.54, 1.807) is 7.11 Å². The second kappa shape index (κ2) is 16.8. The van der Waals surface area contributed by atoms with E-state index in [9.17, 15) is 23.1 Å². The van der Waals surface area contributed by atoms with Crippen molar-refractivity contribution in [3.8, 4) is 0 Å². The van der Waals surface area contributed by atoms with Crippen LogP contribution in [0.3, 0.4) is 0 Å². The number of unbranched alkanes of at least 4 members (excludes halogenated alkanes) is 8. The van der Waals surface area contributed by atoms with Crippen molar-refractivity contribution in [2.75, 3.05) is 40.3 Å². The monoisotopic (exact) mass is 430 g/mol. The highest BCUT2D eigenvalue weighted by molar-refractivity contribution is 5.80. The van der Waals surface area contributed by atoms with Crippen LogP contribution in [-0.2, 0) is 23.7 Å². The number of esters is 1. The first kappa shape index (κ1) is 28.1. The molecule has 6 nitrogen and oxygen atoms in total. The summed E-state index contributed by atoms with van der Waals surface area (Å²) in [5.41, 5.74) is -3.40. The van der Waals surface area contributed by atoms with Gasteiger partial charge in [-0.15, -0.1) is 0 Å². The average molecular weight is 431 g/mol. The van der Waals surface area contributed by atoms with Crippen LogP contribution in [0.25, 0.3) is 0 Å². The third-order valence-electron chi connectivity index (χ3n) is 4.51. The Kier molecular flexibility index (Phi) is 16.3. The lowest BCUT2D eigenvalue weighted by molar-refractivity contribution is -0.264. The van der Waals surface area contributed by atoms with Crippen LogP contribution in [0.1, 0.15) is 71.1 Å². The molecule has 174 valence electrons. The minimum atomic E-state index is -5.03. The molecule has 0 saturated heterocycles. The van der Waals surface area contributed by atoms with Gasteiger partial charge in [0.15, 0.2) is 0 Å². The zero-order valence-electron chi connectivity index (χ0n) is 17.7. The molecule has 0 aromatic rings. The summed E-state index contributed by atoms with van der Waals surface area (Å²) in [6.07, 6.45) is 1.88. The number of hydrogen-bond donors (Lipinski definition) is 1. The average Bonchev–Trinajstić information content (AvgIpc) is 2.66. The van der Waals surface area contributed by atoms with Crippen LogP contribution in [0.5, 0.6) is 0 Å². The molecular formula is C20H37F3O6. The van der Waals surface area contributed by atoms with Crippen molar-refractivity contribution in [3.63, 3.8) is 0 Å². The van der Waals surface area contributed by atoms with Crippen molar-refractivity contribution in [2.45, 2.75) is 82.9 Å². The van der Waals surface area contributed by atoms with E-state index in [-0.39, 0.29) is 19.8 Å². The SMILES string of the molecule is CCOC(=O)C(O)(CCCCCCCCCCCOCOCCOC)C(F)(F)F. The fraction of sp³-hybridized carbons (Fsp3) is 0.950. The van der Waals surface area contributed by atoms with Crippen molar-refractivity contribution >= 4 is 5.97 Å². The summed E-state index contributed by atoms with van der Waals surface area (Å²) in [4.78, 5) is 11.5. The van der Waals surface area contributed by atoms with Crippen LogP contribution in [0.4, 0.5) is 13.2 Å². The number of rotatable bonds is 19. The van der Waals surface area contributed by atoms with E-state index in [1.165, 1.54) is 6.92 Å². The summed E-state index contributed by atoms with van der Waals surface area (Å²) in [6.45, 7) is 3.22. The Balaban J connectivity index is 3.61. The van der Waals surface area contributed by atoms with Gasteiger partial charge in [0.2, 0.25) is 0 Å². The van der Waals surface area contributed by atoms with Crippen molar-refractivity contribution in [1.29, 1.82) is 0 Å². The van der Waals surface area contributed by atoms with E-state index in [2.05, 4.69) is 4.74 Å². The Morgan fingerprint density at radius 3 is 1.86 bits per heavy atom. The van der Waals surface area contributed by atoms with Gasteiger partial charge in [-0.25, -0.2) is 4.79 Å². The van der Waals surface area contributed by atoms with Crippen molar-refractivity contribution < 1.29 is 42.0 Å². The summed E-state index contributed by atoms with van der Waals surface area (Å²) >= 11 is 0. The number of carbonyl (C=O) groups is 1. The zero-order valence-corrected chi connectivity index (χ0v) is 17.7. The smallest absolute Gasteiger partial charge is 0.428 e. The molecule has 0 aromatic heterocycles. The molecule has 0 heterocycles. The van der Waals surface area contributed by atoms with Gasteiger partial charge in [-0.2, -0.15) is 13.2 Å². The summed E-state index contributed by atoms with van der Waals surface area (Å²) in [6, 6.07) is 0. The van der Waals surface area contributed by atoms with Crippen LogP contribution < -0.4 is 0 Å². The third kappa shape index (κ3) is 13.1. The van der Waals surface area contributed by atoms with E-state index in [0.29, 0.717) is 26.2 Å². The molecule has 0 aliphatic rings. The van der Waals surface area contributed by atoms with E-state index in [0.717, 1.165) is 44.9 Å². The van der Waals surface area contributed by atoms with Gasteiger partial charge in [0.1, 0.15) is 6.79 Å². The van der Waals surface area contributed by atoms with Gasteiger partial charge in [-0.1, -0.05) is 44.9 Å². The largest absolute Gasteiger partial charge is 0.464 e. The molecule has 0 aliphatic carbocycles. The lowest BCUT2D eigenvalue weighted by Crippen LogP contribution is -2.52. The lowest BCUT2D eigenvalue weighted by Gasteiger charge is -2.28. The van der Waals surface area contributed by atoms with Crippen molar-refractivity contribution in [1.82, 2.24) is 0 Å². The Bertz CT molecular complexity index is 406. The Hall–Kier alpha value is -0.900. The number of hydrogen-bond acceptors (Lipinski definition) is 6. The molecule has 9 heteroatoms. The lowest BCUT2D eigenvalue weighted by atomic mass is 9.94. The van der Waals surface area contributed by atoms with Gasteiger partial charge in [-0.05, 0) is 26.2 Å². The number of ether oxygens (including phenoxy) is 4. The highest BCUT2D eigenvalue weighted by Crippen LogP contribution is 2.35. The maximum atomic E-state index is 13.0. The fourth-order valence-electron chi connectivity index (χ4n) is 2.75. The normalized spacial score (nSPS) is 14.0. The molecule has 0 bridgehead atoms. The maximum absolute atomic E-state index is 13.0. The molecule has 0 fully saturated rings. The second-order valence-corrected chi connectivity index (χ2v) is 6.94. The number of halogens is 3. The Labute approximate surface area is 172 Å². The zero-order chi connectivity index (χ0) is 22.0. The minimum absolute atomic E-state index is 0.124. The van der Waals surface area contributed by atoms with E-state index >= 15 is 0 Å². The van der Waals surface area contributed by atoms with Crippen molar-refractivity contribution in [3.05, 3.63) is 0 Å². The maximum Gasteiger partial charge on any atom is 0.428 e. The molecule has 0 aliphatic heterocycles. The van der Waals surface area contributed by atoms with Crippen LogP contribution in [0.2, 0.25) is 0 Å². The predicted octanol–water partition coefficient (Wildman–Crippen LogP) is 4.38. The number of aliphatic hydroxyl groups is 1. The van der Waals surface area contributed by atoms with E-state index in [4.69, 9.17) is 14.2 Å². The Morgan fingerprint density at radius 2 is 1.34 bits per heavy atom. The first-order valence-corrected chi connectivity index (χ1v) is 10.4.